The van der Waals surface area contributed by atoms with Gasteiger partial charge in [0.05, 0.1) is 12.5 Å². The zero-order valence-electron chi connectivity index (χ0n) is 12.2. The molecule has 2 saturated heterocycles. The summed E-state index contributed by atoms with van der Waals surface area (Å²) in [4.78, 5) is 16.5. The third kappa shape index (κ3) is 3.68. The van der Waals surface area contributed by atoms with Gasteiger partial charge in [-0.1, -0.05) is 0 Å². The minimum atomic E-state index is 0.0314. The lowest BCUT2D eigenvalue weighted by atomic mass is 10.0. The molecule has 2 aliphatic rings. The highest BCUT2D eigenvalue weighted by Crippen LogP contribution is 2.19. The normalized spacial score (nSPS) is 25.8. The van der Waals surface area contributed by atoms with Gasteiger partial charge >= 0.3 is 0 Å². The lowest BCUT2D eigenvalue weighted by Gasteiger charge is -2.43. The van der Waals surface area contributed by atoms with Crippen LogP contribution >= 0.6 is 0 Å². The van der Waals surface area contributed by atoms with E-state index in [2.05, 4.69) is 18.7 Å². The van der Waals surface area contributed by atoms with E-state index in [0.717, 1.165) is 45.6 Å². The van der Waals surface area contributed by atoms with E-state index in [1.54, 1.807) is 0 Å². The van der Waals surface area contributed by atoms with E-state index in [9.17, 15) is 4.79 Å². The van der Waals surface area contributed by atoms with Crippen LogP contribution in [0.5, 0.6) is 0 Å². The Bertz CT molecular complexity index is 306. The first-order valence-electron chi connectivity index (χ1n) is 7.37. The molecule has 2 rings (SSSR count). The van der Waals surface area contributed by atoms with Crippen LogP contribution in [0.4, 0.5) is 0 Å². The number of hydrogen-bond acceptors (Lipinski definition) is 4. The molecule has 2 N–H and O–H groups in total. The highest BCUT2D eigenvalue weighted by atomic mass is 16.5. The standard InChI is InChI=1S/C14H27N3O2/c1-14(2,11-15)17-7-5-16(6-8-17)13(18)10-12-4-3-9-19-12/h12H,3-11,15H2,1-2H3. The predicted molar refractivity (Wildman–Crippen MR) is 74.9 cm³/mol. The van der Waals surface area contributed by atoms with Crippen molar-refractivity contribution >= 4 is 5.91 Å². The smallest absolute Gasteiger partial charge is 0.225 e. The van der Waals surface area contributed by atoms with Crippen LogP contribution in [0, 0.1) is 0 Å². The molecule has 0 aromatic heterocycles. The van der Waals surface area contributed by atoms with Gasteiger partial charge in [0.1, 0.15) is 0 Å². The van der Waals surface area contributed by atoms with E-state index < -0.39 is 0 Å². The van der Waals surface area contributed by atoms with Crippen molar-refractivity contribution in [3.8, 4) is 0 Å². The molecule has 0 aliphatic carbocycles. The van der Waals surface area contributed by atoms with Gasteiger partial charge in [0.15, 0.2) is 0 Å². The molecule has 110 valence electrons. The molecule has 1 atom stereocenters. The highest BCUT2D eigenvalue weighted by molar-refractivity contribution is 5.76. The van der Waals surface area contributed by atoms with Crippen molar-refractivity contribution in [3.63, 3.8) is 0 Å². The molecule has 1 unspecified atom stereocenters. The van der Waals surface area contributed by atoms with Gasteiger partial charge in [0, 0.05) is 44.9 Å². The molecule has 5 heteroatoms. The molecule has 0 radical (unpaired) electrons. The van der Waals surface area contributed by atoms with Crippen LogP contribution in [0.15, 0.2) is 0 Å². The van der Waals surface area contributed by atoms with Gasteiger partial charge in [0.25, 0.3) is 0 Å². The molecule has 2 aliphatic heterocycles. The lowest BCUT2D eigenvalue weighted by Crippen LogP contribution is -2.58. The maximum Gasteiger partial charge on any atom is 0.225 e. The molecule has 0 aromatic carbocycles. The van der Waals surface area contributed by atoms with Crippen LogP contribution in [0.1, 0.15) is 33.1 Å². The average molecular weight is 269 g/mol. The second-order valence-electron chi connectivity index (χ2n) is 6.22. The Kier molecular flexibility index (Phi) is 4.81. The van der Waals surface area contributed by atoms with Crippen molar-refractivity contribution < 1.29 is 9.53 Å². The van der Waals surface area contributed by atoms with Gasteiger partial charge in [-0.15, -0.1) is 0 Å². The number of ether oxygens (including phenoxy) is 1. The number of rotatable bonds is 4. The lowest BCUT2D eigenvalue weighted by molar-refractivity contribution is -0.136. The van der Waals surface area contributed by atoms with E-state index in [-0.39, 0.29) is 17.6 Å². The fraction of sp³-hybridized carbons (Fsp3) is 0.929. The summed E-state index contributed by atoms with van der Waals surface area (Å²) in [6.45, 7) is 9.26. The van der Waals surface area contributed by atoms with Crippen molar-refractivity contribution in [3.05, 3.63) is 0 Å². The fourth-order valence-electron chi connectivity index (χ4n) is 2.82. The van der Waals surface area contributed by atoms with Gasteiger partial charge < -0.3 is 15.4 Å². The number of nitrogens with two attached hydrogens (primary N) is 1. The number of piperazine rings is 1. The second kappa shape index (κ2) is 6.20. The first-order valence-corrected chi connectivity index (χ1v) is 7.37. The molecule has 19 heavy (non-hydrogen) atoms. The summed E-state index contributed by atoms with van der Waals surface area (Å²) < 4.78 is 5.53. The molecule has 1 amide bonds. The minimum Gasteiger partial charge on any atom is -0.378 e. The van der Waals surface area contributed by atoms with Gasteiger partial charge in [-0.3, -0.25) is 9.69 Å². The summed E-state index contributed by atoms with van der Waals surface area (Å²) in [7, 11) is 0. The SMILES string of the molecule is CC(C)(CN)N1CCN(C(=O)CC2CCCO2)CC1. The third-order valence-corrected chi connectivity index (χ3v) is 4.41. The largest absolute Gasteiger partial charge is 0.378 e. The van der Waals surface area contributed by atoms with Crippen LogP contribution < -0.4 is 5.73 Å². The maximum atomic E-state index is 12.2. The molecular formula is C14H27N3O2. The topological polar surface area (TPSA) is 58.8 Å². The fourth-order valence-corrected chi connectivity index (χ4v) is 2.82. The third-order valence-electron chi connectivity index (χ3n) is 4.41. The summed E-state index contributed by atoms with van der Waals surface area (Å²) in [5.74, 6) is 0.247. The number of hydrogen-bond donors (Lipinski definition) is 1. The van der Waals surface area contributed by atoms with Gasteiger partial charge in [0.2, 0.25) is 5.91 Å². The van der Waals surface area contributed by atoms with Crippen LogP contribution in [-0.2, 0) is 9.53 Å². The molecule has 0 saturated carbocycles. The van der Waals surface area contributed by atoms with Crippen LogP contribution in [0.3, 0.4) is 0 Å². The number of carbonyl (C=O) groups excluding carboxylic acids is 1. The number of carbonyl (C=O) groups is 1. The minimum absolute atomic E-state index is 0.0314. The van der Waals surface area contributed by atoms with Crippen LogP contribution in [-0.4, -0.2) is 66.7 Å². The summed E-state index contributed by atoms with van der Waals surface area (Å²) in [5, 5.41) is 0. The Labute approximate surface area is 116 Å². The molecule has 0 spiro atoms. The molecule has 0 aromatic rings. The van der Waals surface area contributed by atoms with Crippen molar-refractivity contribution in [2.45, 2.75) is 44.8 Å². The van der Waals surface area contributed by atoms with Crippen molar-refractivity contribution in [1.29, 1.82) is 0 Å². The van der Waals surface area contributed by atoms with Gasteiger partial charge in [-0.25, -0.2) is 0 Å². The molecule has 0 bridgehead atoms. The van der Waals surface area contributed by atoms with Crippen molar-refractivity contribution in [2.24, 2.45) is 5.73 Å². The zero-order valence-corrected chi connectivity index (χ0v) is 12.2. The summed E-state index contributed by atoms with van der Waals surface area (Å²) in [5.41, 5.74) is 5.83. The van der Waals surface area contributed by atoms with Crippen LogP contribution in [0.25, 0.3) is 0 Å². The van der Waals surface area contributed by atoms with E-state index in [4.69, 9.17) is 10.5 Å². The Morgan fingerprint density at radius 1 is 1.32 bits per heavy atom. The first kappa shape index (κ1) is 14.8. The number of nitrogens with zero attached hydrogens (tertiary/aromatic N) is 2. The summed E-state index contributed by atoms with van der Waals surface area (Å²) in [6.07, 6.45) is 2.84. The molecule has 5 nitrogen and oxygen atoms in total. The first-order chi connectivity index (χ1) is 9.03. The maximum absolute atomic E-state index is 12.2. The van der Waals surface area contributed by atoms with Crippen LogP contribution in [0.2, 0.25) is 0 Å². The van der Waals surface area contributed by atoms with Crippen molar-refractivity contribution in [1.82, 2.24) is 9.80 Å². The highest BCUT2D eigenvalue weighted by Gasteiger charge is 2.31. The molecular weight excluding hydrogens is 242 g/mol. The zero-order chi connectivity index (χ0) is 13.9. The van der Waals surface area contributed by atoms with Gasteiger partial charge in [-0.2, -0.15) is 0 Å². The Hall–Kier alpha value is -0.650. The van der Waals surface area contributed by atoms with Gasteiger partial charge in [-0.05, 0) is 26.7 Å². The van der Waals surface area contributed by atoms with E-state index >= 15 is 0 Å². The average Bonchev–Trinajstić information content (AvgIpc) is 2.91. The molecule has 2 heterocycles. The quantitative estimate of drug-likeness (QED) is 0.804. The second-order valence-corrected chi connectivity index (χ2v) is 6.22. The number of amides is 1. The predicted octanol–water partition coefficient (Wildman–Crippen LogP) is 0.437. The Morgan fingerprint density at radius 3 is 2.53 bits per heavy atom. The Morgan fingerprint density at radius 2 is 2.00 bits per heavy atom. The van der Waals surface area contributed by atoms with Crippen molar-refractivity contribution in [2.75, 3.05) is 39.3 Å². The Balaban J connectivity index is 1.77. The monoisotopic (exact) mass is 269 g/mol. The summed E-state index contributed by atoms with van der Waals surface area (Å²) in [6, 6.07) is 0. The molecule has 2 fully saturated rings. The van der Waals surface area contributed by atoms with E-state index in [1.807, 2.05) is 4.90 Å². The van der Waals surface area contributed by atoms with E-state index in [0.29, 0.717) is 13.0 Å². The van der Waals surface area contributed by atoms with E-state index in [1.165, 1.54) is 0 Å². The summed E-state index contributed by atoms with van der Waals surface area (Å²) >= 11 is 0.